The van der Waals surface area contributed by atoms with Crippen molar-refractivity contribution in [1.82, 2.24) is 4.90 Å². The van der Waals surface area contributed by atoms with Crippen LogP contribution >= 0.6 is 23.2 Å². The Bertz CT molecular complexity index is 310. The number of halogens is 2. The molecule has 0 N–H and O–H groups in total. The van der Waals surface area contributed by atoms with Gasteiger partial charge in [-0.25, -0.2) is 0 Å². The number of ether oxygens (including phenoxy) is 1. The molecule has 0 aromatic rings. The van der Waals surface area contributed by atoms with Gasteiger partial charge in [-0.3, -0.25) is 4.90 Å². The van der Waals surface area contributed by atoms with Crippen LogP contribution in [0.15, 0.2) is 23.3 Å². The van der Waals surface area contributed by atoms with Crippen LogP contribution in [0.5, 0.6) is 0 Å². The summed E-state index contributed by atoms with van der Waals surface area (Å²) in [7, 11) is 0. The first-order valence-electron chi connectivity index (χ1n) is 5.66. The van der Waals surface area contributed by atoms with Gasteiger partial charge in [0.25, 0.3) is 0 Å². The van der Waals surface area contributed by atoms with Crippen molar-refractivity contribution < 1.29 is 4.74 Å². The third-order valence-electron chi connectivity index (χ3n) is 3.38. The Labute approximate surface area is 107 Å². The van der Waals surface area contributed by atoms with E-state index >= 15 is 0 Å². The number of allylic oxidation sites excluding steroid dienone is 3. The van der Waals surface area contributed by atoms with Gasteiger partial charge in [0, 0.05) is 30.6 Å². The predicted octanol–water partition coefficient (Wildman–Crippen LogP) is 2.77. The topological polar surface area (TPSA) is 12.5 Å². The van der Waals surface area contributed by atoms with Gasteiger partial charge >= 0.3 is 0 Å². The maximum Gasteiger partial charge on any atom is 0.0829 e. The lowest BCUT2D eigenvalue weighted by Gasteiger charge is -2.41. The van der Waals surface area contributed by atoms with Crippen molar-refractivity contribution in [3.63, 3.8) is 0 Å². The molecule has 1 fully saturated rings. The Hall–Kier alpha value is -0.0200. The van der Waals surface area contributed by atoms with Crippen molar-refractivity contribution in [3.05, 3.63) is 23.3 Å². The molecule has 0 aromatic heterocycles. The molecule has 2 nitrogen and oxygen atoms in total. The minimum Gasteiger partial charge on any atom is -0.379 e. The lowest BCUT2D eigenvalue weighted by molar-refractivity contribution is 0.0147. The molecule has 0 aromatic carbocycles. The summed E-state index contributed by atoms with van der Waals surface area (Å²) in [5.74, 6) is 0. The number of alkyl halides is 1. The van der Waals surface area contributed by atoms with Crippen LogP contribution in [0.3, 0.4) is 0 Å². The van der Waals surface area contributed by atoms with Gasteiger partial charge in [-0.1, -0.05) is 23.8 Å². The number of hydrogen-bond donors (Lipinski definition) is 0. The van der Waals surface area contributed by atoms with Crippen LogP contribution in [0.4, 0.5) is 0 Å². The Morgan fingerprint density at radius 1 is 1.44 bits per heavy atom. The standard InChI is InChI=1S/C12H17Cl2NO/c1-10(15-5-7-16-8-6-15)12(14)4-2-3-11(13)9-12/h2-4,10H,5-9H2,1H3. The summed E-state index contributed by atoms with van der Waals surface area (Å²) in [6.07, 6.45) is 6.63. The van der Waals surface area contributed by atoms with Crippen molar-refractivity contribution in [1.29, 1.82) is 0 Å². The molecule has 90 valence electrons. The molecule has 0 saturated carbocycles. The number of nitrogens with zero attached hydrogens (tertiary/aromatic N) is 1. The summed E-state index contributed by atoms with van der Waals surface area (Å²) in [6.45, 7) is 5.66. The molecule has 2 rings (SSSR count). The highest BCUT2D eigenvalue weighted by atomic mass is 35.5. The maximum atomic E-state index is 6.66. The molecule has 4 heteroatoms. The quantitative estimate of drug-likeness (QED) is 0.709. The first kappa shape index (κ1) is 12.4. The molecule has 1 heterocycles. The summed E-state index contributed by atoms with van der Waals surface area (Å²) in [4.78, 5) is 2.00. The fraction of sp³-hybridized carbons (Fsp3) is 0.667. The van der Waals surface area contributed by atoms with E-state index in [1.54, 1.807) is 0 Å². The normalized spacial score (nSPS) is 33.6. The van der Waals surface area contributed by atoms with E-state index < -0.39 is 0 Å². The fourth-order valence-corrected chi connectivity index (χ4v) is 2.96. The van der Waals surface area contributed by atoms with Crippen molar-refractivity contribution in [3.8, 4) is 0 Å². The molecular formula is C12H17Cl2NO. The molecule has 2 aliphatic rings. The van der Waals surface area contributed by atoms with Gasteiger partial charge in [-0.2, -0.15) is 0 Å². The maximum absolute atomic E-state index is 6.66. The van der Waals surface area contributed by atoms with Gasteiger partial charge in [0.15, 0.2) is 0 Å². The average Bonchev–Trinajstić information content (AvgIpc) is 2.29. The Morgan fingerprint density at radius 2 is 2.12 bits per heavy atom. The third-order valence-corrected chi connectivity index (χ3v) is 4.21. The van der Waals surface area contributed by atoms with Crippen LogP contribution < -0.4 is 0 Å². The van der Waals surface area contributed by atoms with E-state index in [1.807, 2.05) is 12.2 Å². The lowest BCUT2D eigenvalue weighted by atomic mass is 9.91. The van der Waals surface area contributed by atoms with Gasteiger partial charge in [-0.05, 0) is 13.0 Å². The molecule has 16 heavy (non-hydrogen) atoms. The highest BCUT2D eigenvalue weighted by Crippen LogP contribution is 2.36. The van der Waals surface area contributed by atoms with E-state index in [-0.39, 0.29) is 10.9 Å². The highest BCUT2D eigenvalue weighted by molar-refractivity contribution is 6.32. The number of hydrogen-bond acceptors (Lipinski definition) is 2. The molecule has 2 unspecified atom stereocenters. The van der Waals surface area contributed by atoms with Crippen LogP contribution in [0, 0.1) is 0 Å². The molecule has 1 saturated heterocycles. The molecule has 1 aliphatic carbocycles. The predicted molar refractivity (Wildman–Crippen MR) is 68.1 cm³/mol. The van der Waals surface area contributed by atoms with Gasteiger partial charge in [0.05, 0.1) is 18.1 Å². The Morgan fingerprint density at radius 3 is 2.75 bits per heavy atom. The van der Waals surface area contributed by atoms with Crippen LogP contribution in [-0.4, -0.2) is 42.1 Å². The second-order valence-electron chi connectivity index (χ2n) is 4.40. The van der Waals surface area contributed by atoms with E-state index in [9.17, 15) is 0 Å². The van der Waals surface area contributed by atoms with E-state index in [4.69, 9.17) is 27.9 Å². The SMILES string of the molecule is CC(N1CCOCC1)C1(Cl)C=CC=C(Cl)C1. The summed E-state index contributed by atoms with van der Waals surface area (Å²) in [6, 6.07) is 0.275. The van der Waals surface area contributed by atoms with Crippen molar-refractivity contribution in [2.75, 3.05) is 26.3 Å². The first-order valence-corrected chi connectivity index (χ1v) is 6.42. The zero-order valence-corrected chi connectivity index (χ0v) is 11.0. The minimum atomic E-state index is -0.372. The molecule has 0 spiro atoms. The molecule has 1 aliphatic heterocycles. The summed E-state index contributed by atoms with van der Waals surface area (Å²) in [5, 5.41) is 0.831. The molecule has 0 amide bonds. The van der Waals surface area contributed by atoms with Crippen molar-refractivity contribution in [2.24, 2.45) is 0 Å². The number of morpholine rings is 1. The molecular weight excluding hydrogens is 245 g/mol. The molecule has 2 atom stereocenters. The van der Waals surface area contributed by atoms with Crippen molar-refractivity contribution in [2.45, 2.75) is 24.3 Å². The first-order chi connectivity index (χ1) is 7.62. The molecule has 0 bridgehead atoms. The van der Waals surface area contributed by atoms with Crippen LogP contribution in [0.2, 0.25) is 0 Å². The molecule has 0 radical (unpaired) electrons. The Balaban J connectivity index is 2.05. The fourth-order valence-electron chi connectivity index (χ4n) is 2.24. The van der Waals surface area contributed by atoms with Crippen molar-refractivity contribution >= 4 is 23.2 Å². The van der Waals surface area contributed by atoms with Gasteiger partial charge in [0.1, 0.15) is 0 Å². The summed E-state index contributed by atoms with van der Waals surface area (Å²) in [5.41, 5.74) is 0. The zero-order chi connectivity index (χ0) is 11.6. The highest BCUT2D eigenvalue weighted by Gasteiger charge is 2.37. The van der Waals surface area contributed by atoms with Crippen LogP contribution in [0.25, 0.3) is 0 Å². The van der Waals surface area contributed by atoms with E-state index in [1.165, 1.54) is 0 Å². The summed E-state index contributed by atoms with van der Waals surface area (Å²) >= 11 is 12.7. The summed E-state index contributed by atoms with van der Waals surface area (Å²) < 4.78 is 5.35. The minimum absolute atomic E-state index is 0.275. The zero-order valence-electron chi connectivity index (χ0n) is 9.46. The van der Waals surface area contributed by atoms with E-state index in [0.717, 1.165) is 31.3 Å². The van der Waals surface area contributed by atoms with Crippen LogP contribution in [0.1, 0.15) is 13.3 Å². The van der Waals surface area contributed by atoms with E-state index in [2.05, 4.69) is 17.9 Å². The largest absolute Gasteiger partial charge is 0.379 e. The third kappa shape index (κ3) is 2.62. The smallest absolute Gasteiger partial charge is 0.0829 e. The monoisotopic (exact) mass is 261 g/mol. The van der Waals surface area contributed by atoms with E-state index in [0.29, 0.717) is 6.42 Å². The number of rotatable bonds is 2. The average molecular weight is 262 g/mol. The Kier molecular flexibility index (Phi) is 3.96. The van der Waals surface area contributed by atoms with Gasteiger partial charge in [0.2, 0.25) is 0 Å². The lowest BCUT2D eigenvalue weighted by Crippen LogP contribution is -2.51. The second kappa shape index (κ2) is 5.09. The van der Waals surface area contributed by atoms with Gasteiger partial charge in [-0.15, -0.1) is 11.6 Å². The van der Waals surface area contributed by atoms with Crippen LogP contribution in [-0.2, 0) is 4.74 Å². The second-order valence-corrected chi connectivity index (χ2v) is 5.59. The van der Waals surface area contributed by atoms with Gasteiger partial charge < -0.3 is 4.74 Å².